The molecule has 0 amide bonds. The molecule has 0 aromatic carbocycles. The van der Waals surface area contributed by atoms with Gasteiger partial charge in [-0.2, -0.15) is 5.10 Å². The Morgan fingerprint density at radius 1 is 1.60 bits per heavy atom. The molecule has 1 saturated heterocycles. The highest BCUT2D eigenvalue weighted by molar-refractivity contribution is 5.15. The fourth-order valence-electron chi connectivity index (χ4n) is 2.20. The van der Waals surface area contributed by atoms with E-state index in [1.807, 2.05) is 11.7 Å². The Bertz CT molecular complexity index is 331. The molecule has 84 valence electrons. The molecule has 0 bridgehead atoms. The molecule has 0 unspecified atom stereocenters. The number of hydrogen-bond acceptors (Lipinski definition) is 3. The van der Waals surface area contributed by atoms with Crippen molar-refractivity contribution >= 4 is 0 Å². The first-order valence-corrected chi connectivity index (χ1v) is 5.60. The molecule has 1 aliphatic rings. The van der Waals surface area contributed by atoms with Gasteiger partial charge in [0.05, 0.1) is 5.69 Å². The van der Waals surface area contributed by atoms with Crippen molar-refractivity contribution in [3.05, 3.63) is 17.5 Å². The second-order valence-electron chi connectivity index (χ2n) is 4.50. The second kappa shape index (κ2) is 4.33. The van der Waals surface area contributed by atoms with Crippen molar-refractivity contribution in [3.8, 4) is 0 Å². The first-order valence-electron chi connectivity index (χ1n) is 5.60. The van der Waals surface area contributed by atoms with Gasteiger partial charge in [-0.05, 0) is 13.8 Å². The highest BCUT2D eigenvalue weighted by Gasteiger charge is 2.16. The highest BCUT2D eigenvalue weighted by atomic mass is 15.3. The molecule has 4 nitrogen and oxygen atoms in total. The molecule has 4 heteroatoms. The Hall–Kier alpha value is -0.870. The van der Waals surface area contributed by atoms with Crippen LogP contribution in [0.4, 0.5) is 0 Å². The summed E-state index contributed by atoms with van der Waals surface area (Å²) in [5, 5.41) is 7.83. The van der Waals surface area contributed by atoms with Crippen LogP contribution in [0.2, 0.25) is 0 Å². The number of rotatable bonds is 2. The maximum Gasteiger partial charge on any atom is 0.0638 e. The minimum Gasteiger partial charge on any atom is -0.312 e. The Morgan fingerprint density at radius 3 is 3.00 bits per heavy atom. The lowest BCUT2D eigenvalue weighted by Crippen LogP contribution is -2.48. The predicted octanol–water partition coefficient (Wildman–Crippen LogP) is 0.522. The molecule has 1 aromatic heterocycles. The highest BCUT2D eigenvalue weighted by Crippen LogP contribution is 2.10. The third-order valence-electron chi connectivity index (χ3n) is 2.96. The van der Waals surface area contributed by atoms with E-state index in [9.17, 15) is 0 Å². The van der Waals surface area contributed by atoms with Crippen LogP contribution in [0.1, 0.15) is 18.2 Å². The van der Waals surface area contributed by atoms with Crippen molar-refractivity contribution in [2.24, 2.45) is 7.05 Å². The van der Waals surface area contributed by atoms with Gasteiger partial charge in [0, 0.05) is 51.0 Å². The minimum atomic E-state index is 0.607. The van der Waals surface area contributed by atoms with Crippen LogP contribution in [0, 0.1) is 6.92 Å². The summed E-state index contributed by atoms with van der Waals surface area (Å²) in [6.07, 6.45) is 2.13. The molecule has 1 N–H and O–H groups in total. The molecule has 15 heavy (non-hydrogen) atoms. The van der Waals surface area contributed by atoms with Crippen molar-refractivity contribution < 1.29 is 0 Å². The van der Waals surface area contributed by atoms with Gasteiger partial charge in [-0.25, -0.2) is 0 Å². The van der Waals surface area contributed by atoms with Crippen LogP contribution in [0.3, 0.4) is 0 Å². The number of nitrogens with one attached hydrogen (secondary N) is 1. The maximum atomic E-state index is 4.37. The topological polar surface area (TPSA) is 33.1 Å². The van der Waals surface area contributed by atoms with Gasteiger partial charge in [0.2, 0.25) is 0 Å². The Labute approximate surface area is 91.3 Å². The summed E-state index contributed by atoms with van der Waals surface area (Å²) in [5.41, 5.74) is 2.51. The quantitative estimate of drug-likeness (QED) is 0.769. The first-order chi connectivity index (χ1) is 7.15. The van der Waals surface area contributed by atoms with Gasteiger partial charge in [0.1, 0.15) is 0 Å². The zero-order valence-electron chi connectivity index (χ0n) is 9.82. The molecular formula is C11H20N4. The van der Waals surface area contributed by atoms with E-state index in [-0.39, 0.29) is 0 Å². The van der Waals surface area contributed by atoms with Gasteiger partial charge in [-0.3, -0.25) is 9.58 Å². The van der Waals surface area contributed by atoms with E-state index < -0.39 is 0 Å². The number of aryl methyl sites for hydroxylation is 2. The zero-order valence-corrected chi connectivity index (χ0v) is 9.82. The van der Waals surface area contributed by atoms with Gasteiger partial charge >= 0.3 is 0 Å². The predicted molar refractivity (Wildman–Crippen MR) is 60.7 cm³/mol. The summed E-state index contributed by atoms with van der Waals surface area (Å²) in [7, 11) is 1.98. The largest absolute Gasteiger partial charge is 0.312 e. The van der Waals surface area contributed by atoms with Gasteiger partial charge in [-0.15, -0.1) is 0 Å². The Kier molecular flexibility index (Phi) is 3.07. The van der Waals surface area contributed by atoms with Crippen molar-refractivity contribution in [3.63, 3.8) is 0 Å². The lowest BCUT2D eigenvalue weighted by Gasteiger charge is -2.31. The second-order valence-corrected chi connectivity index (χ2v) is 4.50. The standard InChI is InChI=1S/C11H20N4/c1-9-6-15(5-4-12-9)8-11-7-14(3)13-10(11)2/h7,9,12H,4-6,8H2,1-3H3/t9-/m1/s1. The number of aromatic nitrogens is 2. The SMILES string of the molecule is Cc1nn(C)cc1CN1CCN[C@H](C)C1. The van der Waals surface area contributed by atoms with Crippen molar-refractivity contribution in [1.82, 2.24) is 20.0 Å². The van der Waals surface area contributed by atoms with Crippen LogP contribution < -0.4 is 5.32 Å². The molecule has 2 rings (SSSR count). The van der Waals surface area contributed by atoms with Gasteiger partial charge in [-0.1, -0.05) is 0 Å². The van der Waals surface area contributed by atoms with Crippen LogP contribution in [-0.4, -0.2) is 40.4 Å². The minimum absolute atomic E-state index is 0.607. The molecule has 0 saturated carbocycles. The summed E-state index contributed by atoms with van der Waals surface area (Å²) >= 11 is 0. The average molecular weight is 208 g/mol. The molecule has 2 heterocycles. The number of piperazine rings is 1. The summed E-state index contributed by atoms with van der Waals surface area (Å²) in [5.74, 6) is 0. The fraction of sp³-hybridized carbons (Fsp3) is 0.727. The van der Waals surface area contributed by atoms with E-state index in [0.29, 0.717) is 6.04 Å². The fourth-order valence-corrected chi connectivity index (χ4v) is 2.20. The Morgan fingerprint density at radius 2 is 2.40 bits per heavy atom. The van der Waals surface area contributed by atoms with E-state index in [4.69, 9.17) is 0 Å². The smallest absolute Gasteiger partial charge is 0.0638 e. The molecule has 1 aliphatic heterocycles. The summed E-state index contributed by atoms with van der Waals surface area (Å²) < 4.78 is 1.90. The first kappa shape index (κ1) is 10.6. The molecular weight excluding hydrogens is 188 g/mol. The lowest BCUT2D eigenvalue weighted by atomic mass is 10.2. The maximum absolute atomic E-state index is 4.37. The molecule has 0 spiro atoms. The molecule has 0 radical (unpaired) electrons. The van der Waals surface area contributed by atoms with Crippen LogP contribution >= 0.6 is 0 Å². The normalized spacial score (nSPS) is 23.3. The molecule has 1 aromatic rings. The van der Waals surface area contributed by atoms with E-state index in [0.717, 1.165) is 31.9 Å². The summed E-state index contributed by atoms with van der Waals surface area (Å²) in [4.78, 5) is 2.49. The van der Waals surface area contributed by atoms with Crippen LogP contribution in [0.15, 0.2) is 6.20 Å². The van der Waals surface area contributed by atoms with Crippen LogP contribution in [-0.2, 0) is 13.6 Å². The van der Waals surface area contributed by atoms with Crippen LogP contribution in [0.25, 0.3) is 0 Å². The summed E-state index contributed by atoms with van der Waals surface area (Å²) in [6, 6.07) is 0.607. The third-order valence-corrected chi connectivity index (χ3v) is 2.96. The van der Waals surface area contributed by atoms with Gasteiger partial charge in [0.25, 0.3) is 0 Å². The van der Waals surface area contributed by atoms with E-state index >= 15 is 0 Å². The summed E-state index contributed by atoms with van der Waals surface area (Å²) in [6.45, 7) is 8.72. The molecule has 0 aliphatic carbocycles. The lowest BCUT2D eigenvalue weighted by molar-refractivity contribution is 0.199. The van der Waals surface area contributed by atoms with Gasteiger partial charge in [0.15, 0.2) is 0 Å². The van der Waals surface area contributed by atoms with E-state index in [2.05, 4.69) is 35.4 Å². The Balaban J connectivity index is 1.99. The number of hydrogen-bond donors (Lipinski definition) is 1. The van der Waals surface area contributed by atoms with Crippen molar-refractivity contribution in [1.29, 1.82) is 0 Å². The number of nitrogens with zero attached hydrogens (tertiary/aromatic N) is 3. The zero-order chi connectivity index (χ0) is 10.8. The average Bonchev–Trinajstić information content (AvgIpc) is 2.45. The van der Waals surface area contributed by atoms with Crippen molar-refractivity contribution in [2.45, 2.75) is 26.4 Å². The van der Waals surface area contributed by atoms with Crippen molar-refractivity contribution in [2.75, 3.05) is 19.6 Å². The molecule has 1 atom stereocenters. The van der Waals surface area contributed by atoms with E-state index in [1.54, 1.807) is 0 Å². The molecule has 1 fully saturated rings. The van der Waals surface area contributed by atoms with E-state index in [1.165, 1.54) is 5.56 Å². The third kappa shape index (κ3) is 2.58. The van der Waals surface area contributed by atoms with Gasteiger partial charge < -0.3 is 5.32 Å². The monoisotopic (exact) mass is 208 g/mol. The van der Waals surface area contributed by atoms with Crippen LogP contribution in [0.5, 0.6) is 0 Å².